The van der Waals surface area contributed by atoms with Crippen LogP contribution in [0.1, 0.15) is 13.3 Å². The molecule has 1 aromatic rings. The molecule has 1 aromatic heterocycles. The molecule has 1 rings (SSSR count). The van der Waals surface area contributed by atoms with Gasteiger partial charge in [0.05, 0.1) is 4.47 Å². The molecule has 92 valence electrons. The summed E-state index contributed by atoms with van der Waals surface area (Å²) in [7, 11) is 0. The van der Waals surface area contributed by atoms with Gasteiger partial charge in [-0.2, -0.15) is 0 Å². The number of allylic oxidation sites excluding steroid dienone is 1. The van der Waals surface area contributed by atoms with Gasteiger partial charge in [0.25, 0.3) is 5.56 Å². The summed E-state index contributed by atoms with van der Waals surface area (Å²) in [6, 6.07) is 0. The number of aromatic amines is 1. The van der Waals surface area contributed by atoms with Crippen molar-refractivity contribution in [2.24, 2.45) is 0 Å². The van der Waals surface area contributed by atoms with Gasteiger partial charge in [0.15, 0.2) is 0 Å². The summed E-state index contributed by atoms with van der Waals surface area (Å²) < 4.78 is 1.43. The molecule has 0 fully saturated rings. The number of halogens is 1. The lowest BCUT2D eigenvalue weighted by Crippen LogP contribution is -2.29. The van der Waals surface area contributed by atoms with Crippen molar-refractivity contribution in [3.8, 4) is 0 Å². The first-order chi connectivity index (χ1) is 7.95. The quantitative estimate of drug-likeness (QED) is 0.802. The highest BCUT2D eigenvalue weighted by atomic mass is 79.9. The minimum atomic E-state index is -1.01. The van der Waals surface area contributed by atoms with Crippen LogP contribution in [0.15, 0.2) is 31.9 Å². The standard InChI is InChI=1S/C10H11BrN2O4/c1-2-6(9(15)16)3-4-13-5-7(11)8(14)12-10(13)17/h3,5H,2,4H2,1H3,(H,15,16)(H,12,14,17). The van der Waals surface area contributed by atoms with Crippen molar-refractivity contribution in [3.05, 3.63) is 43.2 Å². The van der Waals surface area contributed by atoms with Crippen LogP contribution in [0.3, 0.4) is 0 Å². The zero-order valence-corrected chi connectivity index (χ0v) is 10.7. The Labute approximate surface area is 105 Å². The molecule has 0 unspecified atom stereocenters. The lowest BCUT2D eigenvalue weighted by molar-refractivity contribution is -0.132. The summed E-state index contributed by atoms with van der Waals surface area (Å²) in [5.41, 5.74) is -0.862. The van der Waals surface area contributed by atoms with Gasteiger partial charge in [-0.15, -0.1) is 0 Å². The first-order valence-corrected chi connectivity index (χ1v) is 5.66. The van der Waals surface area contributed by atoms with Crippen LogP contribution in [0.4, 0.5) is 0 Å². The first-order valence-electron chi connectivity index (χ1n) is 4.87. The van der Waals surface area contributed by atoms with Crippen LogP contribution in [-0.2, 0) is 11.3 Å². The largest absolute Gasteiger partial charge is 0.478 e. The van der Waals surface area contributed by atoms with Crippen LogP contribution in [0.5, 0.6) is 0 Å². The molecule has 2 N–H and O–H groups in total. The third kappa shape index (κ3) is 3.42. The molecule has 1 heterocycles. The zero-order chi connectivity index (χ0) is 13.0. The number of H-pyrrole nitrogens is 1. The summed E-state index contributed by atoms with van der Waals surface area (Å²) in [5, 5.41) is 8.80. The predicted octanol–water partition coefficient (Wildman–Crippen LogP) is 0.720. The lowest BCUT2D eigenvalue weighted by atomic mass is 10.2. The van der Waals surface area contributed by atoms with E-state index in [0.29, 0.717) is 6.42 Å². The van der Waals surface area contributed by atoms with Gasteiger partial charge in [-0.3, -0.25) is 14.3 Å². The highest BCUT2D eigenvalue weighted by Gasteiger charge is 2.05. The molecular weight excluding hydrogens is 292 g/mol. The summed E-state index contributed by atoms with van der Waals surface area (Å²) >= 11 is 2.99. The van der Waals surface area contributed by atoms with E-state index in [0.717, 1.165) is 0 Å². The second-order valence-electron chi connectivity index (χ2n) is 3.28. The fourth-order valence-corrected chi connectivity index (χ4v) is 1.56. The van der Waals surface area contributed by atoms with Gasteiger partial charge in [-0.25, -0.2) is 9.59 Å². The Balaban J connectivity index is 3.05. The average molecular weight is 303 g/mol. The first kappa shape index (κ1) is 13.4. The Morgan fingerprint density at radius 2 is 2.24 bits per heavy atom. The number of aromatic nitrogens is 2. The van der Waals surface area contributed by atoms with Crippen LogP contribution in [-0.4, -0.2) is 20.6 Å². The third-order valence-electron chi connectivity index (χ3n) is 2.16. The molecule has 0 aliphatic heterocycles. The van der Waals surface area contributed by atoms with Gasteiger partial charge in [-0.1, -0.05) is 13.0 Å². The highest BCUT2D eigenvalue weighted by molar-refractivity contribution is 9.10. The maximum atomic E-state index is 11.4. The normalized spacial score (nSPS) is 11.5. The fraction of sp³-hybridized carbons (Fsp3) is 0.300. The minimum absolute atomic E-state index is 0.101. The smallest absolute Gasteiger partial charge is 0.331 e. The van der Waals surface area contributed by atoms with Crippen LogP contribution in [0.25, 0.3) is 0 Å². The fourth-order valence-electron chi connectivity index (χ4n) is 1.21. The summed E-state index contributed by atoms with van der Waals surface area (Å²) in [5.74, 6) is -1.01. The van der Waals surface area contributed by atoms with Gasteiger partial charge >= 0.3 is 11.7 Å². The number of carboxylic acid groups (broad SMARTS) is 1. The van der Waals surface area contributed by atoms with E-state index in [1.807, 2.05) is 0 Å². The number of nitrogens with zero attached hydrogens (tertiary/aromatic N) is 1. The van der Waals surface area contributed by atoms with Crippen LogP contribution in [0.2, 0.25) is 0 Å². The Bertz CT molecular complexity index is 570. The maximum absolute atomic E-state index is 11.4. The molecule has 0 radical (unpaired) electrons. The Morgan fingerprint density at radius 1 is 1.59 bits per heavy atom. The Hall–Kier alpha value is -1.63. The summed E-state index contributed by atoms with van der Waals surface area (Å²) in [6.07, 6.45) is 3.13. The number of hydrogen-bond acceptors (Lipinski definition) is 3. The predicted molar refractivity (Wildman–Crippen MR) is 65.0 cm³/mol. The molecule has 0 bridgehead atoms. The molecule has 0 saturated carbocycles. The third-order valence-corrected chi connectivity index (χ3v) is 2.72. The molecule has 0 aliphatic rings. The van der Waals surface area contributed by atoms with Gasteiger partial charge in [0.1, 0.15) is 0 Å². The van der Waals surface area contributed by atoms with Gasteiger partial charge in [0, 0.05) is 18.3 Å². The van der Waals surface area contributed by atoms with Crippen molar-refractivity contribution in [1.29, 1.82) is 0 Å². The van der Waals surface area contributed by atoms with Crippen molar-refractivity contribution in [1.82, 2.24) is 9.55 Å². The summed E-state index contributed by atoms with van der Waals surface area (Å²) in [4.78, 5) is 35.3. The minimum Gasteiger partial charge on any atom is -0.478 e. The Morgan fingerprint density at radius 3 is 2.76 bits per heavy atom. The van der Waals surface area contributed by atoms with E-state index in [1.165, 1.54) is 16.8 Å². The van der Waals surface area contributed by atoms with E-state index in [4.69, 9.17) is 5.11 Å². The van der Waals surface area contributed by atoms with Crippen molar-refractivity contribution >= 4 is 21.9 Å². The van der Waals surface area contributed by atoms with Gasteiger partial charge in [-0.05, 0) is 22.4 Å². The van der Waals surface area contributed by atoms with E-state index in [2.05, 4.69) is 20.9 Å². The topological polar surface area (TPSA) is 92.2 Å². The molecular formula is C10H11BrN2O4. The van der Waals surface area contributed by atoms with Crippen molar-refractivity contribution in [2.45, 2.75) is 19.9 Å². The number of rotatable bonds is 4. The molecule has 6 nitrogen and oxygen atoms in total. The highest BCUT2D eigenvalue weighted by Crippen LogP contribution is 2.02. The van der Waals surface area contributed by atoms with Crippen LogP contribution >= 0.6 is 15.9 Å². The molecule has 7 heteroatoms. The van der Waals surface area contributed by atoms with Crippen LogP contribution < -0.4 is 11.2 Å². The van der Waals surface area contributed by atoms with Crippen molar-refractivity contribution in [2.75, 3.05) is 0 Å². The monoisotopic (exact) mass is 302 g/mol. The van der Waals surface area contributed by atoms with E-state index in [-0.39, 0.29) is 16.6 Å². The van der Waals surface area contributed by atoms with E-state index in [1.54, 1.807) is 6.92 Å². The molecule has 0 aliphatic carbocycles. The average Bonchev–Trinajstić information content (AvgIpc) is 2.25. The number of hydrogen-bond donors (Lipinski definition) is 2. The van der Waals surface area contributed by atoms with E-state index >= 15 is 0 Å². The van der Waals surface area contributed by atoms with Crippen LogP contribution in [0, 0.1) is 0 Å². The molecule has 17 heavy (non-hydrogen) atoms. The molecule has 0 aromatic carbocycles. The van der Waals surface area contributed by atoms with E-state index < -0.39 is 17.2 Å². The maximum Gasteiger partial charge on any atom is 0.331 e. The second kappa shape index (κ2) is 5.62. The van der Waals surface area contributed by atoms with Gasteiger partial charge in [0.2, 0.25) is 0 Å². The van der Waals surface area contributed by atoms with Crippen molar-refractivity contribution in [3.63, 3.8) is 0 Å². The zero-order valence-electron chi connectivity index (χ0n) is 9.07. The lowest BCUT2D eigenvalue weighted by Gasteiger charge is -2.03. The number of carboxylic acids is 1. The number of aliphatic carboxylic acids is 1. The summed E-state index contributed by atoms with van der Waals surface area (Å²) in [6.45, 7) is 1.81. The second-order valence-corrected chi connectivity index (χ2v) is 4.13. The molecule has 0 amide bonds. The van der Waals surface area contributed by atoms with E-state index in [9.17, 15) is 14.4 Å². The molecule has 0 atom stereocenters. The number of nitrogens with one attached hydrogen (secondary N) is 1. The molecule has 0 saturated heterocycles. The number of carbonyl (C=O) groups is 1. The molecule has 0 spiro atoms. The van der Waals surface area contributed by atoms with Gasteiger partial charge < -0.3 is 5.11 Å². The van der Waals surface area contributed by atoms with Crippen molar-refractivity contribution < 1.29 is 9.90 Å². The Kier molecular flexibility index (Phi) is 4.45. The SMILES string of the molecule is CCC(=CCn1cc(Br)c(=O)[nH]c1=O)C(=O)O.